The van der Waals surface area contributed by atoms with Crippen LogP contribution in [-0.2, 0) is 16.1 Å². The van der Waals surface area contributed by atoms with Crippen LogP contribution in [0.5, 0.6) is 11.5 Å². The van der Waals surface area contributed by atoms with Crippen LogP contribution in [0.1, 0.15) is 31.4 Å². The maximum atomic E-state index is 12.3. The maximum Gasteiger partial charge on any atom is 0.244 e. The fourth-order valence-electron chi connectivity index (χ4n) is 3.38. The second-order valence-electron chi connectivity index (χ2n) is 8.26. The summed E-state index contributed by atoms with van der Waals surface area (Å²) in [7, 11) is 1.63. The number of morpholine rings is 1. The Kier molecular flexibility index (Phi) is 8.99. The Morgan fingerprint density at radius 3 is 2.56 bits per heavy atom. The van der Waals surface area contributed by atoms with Crippen molar-refractivity contribution in [1.82, 2.24) is 5.32 Å². The minimum absolute atomic E-state index is 0.140. The Bertz CT molecular complexity index is 887. The number of hydrogen-bond donors (Lipinski definition) is 1. The molecule has 0 unspecified atom stereocenters. The minimum Gasteiger partial charge on any atom is -0.493 e. The number of rotatable bonds is 10. The number of ether oxygens (including phenoxy) is 3. The molecule has 0 aliphatic carbocycles. The zero-order valence-corrected chi connectivity index (χ0v) is 19.3. The van der Waals surface area contributed by atoms with Gasteiger partial charge in [0.2, 0.25) is 5.91 Å². The molecular formula is C26H34N2O4. The summed E-state index contributed by atoms with van der Waals surface area (Å²) in [6, 6.07) is 14.0. The summed E-state index contributed by atoms with van der Waals surface area (Å²) in [5, 5.41) is 2.92. The van der Waals surface area contributed by atoms with Crippen LogP contribution in [0, 0.1) is 5.92 Å². The first-order chi connectivity index (χ1) is 15.5. The van der Waals surface area contributed by atoms with Crippen LogP contribution in [0.2, 0.25) is 0 Å². The first kappa shape index (κ1) is 23.7. The van der Waals surface area contributed by atoms with Crippen molar-refractivity contribution in [1.29, 1.82) is 0 Å². The third kappa shape index (κ3) is 7.31. The van der Waals surface area contributed by atoms with E-state index < -0.39 is 0 Å². The molecular weight excluding hydrogens is 404 g/mol. The molecule has 2 aromatic carbocycles. The molecule has 0 bridgehead atoms. The quantitative estimate of drug-likeness (QED) is 0.561. The van der Waals surface area contributed by atoms with Crippen molar-refractivity contribution in [3.63, 3.8) is 0 Å². The highest BCUT2D eigenvalue weighted by molar-refractivity contribution is 5.91. The van der Waals surface area contributed by atoms with Crippen LogP contribution in [0.15, 0.2) is 48.5 Å². The summed E-state index contributed by atoms with van der Waals surface area (Å²) in [5.41, 5.74) is 3.12. The van der Waals surface area contributed by atoms with Crippen LogP contribution in [0.4, 0.5) is 5.69 Å². The smallest absolute Gasteiger partial charge is 0.244 e. The van der Waals surface area contributed by atoms with Crippen molar-refractivity contribution in [3.8, 4) is 11.5 Å². The zero-order valence-electron chi connectivity index (χ0n) is 19.3. The summed E-state index contributed by atoms with van der Waals surface area (Å²) in [5.74, 6) is 1.85. The minimum atomic E-state index is -0.140. The molecule has 0 spiro atoms. The lowest BCUT2D eigenvalue weighted by Crippen LogP contribution is -2.36. The van der Waals surface area contributed by atoms with Crippen molar-refractivity contribution in [3.05, 3.63) is 59.7 Å². The standard InChI is InChI=1S/C26H34N2O4/c1-20(2)12-15-32-24-10-6-22(18-25(24)30-3)19-27-26(29)11-7-21-4-8-23(9-5-21)28-13-16-31-17-14-28/h4-11,18,20H,12-17,19H2,1-3H3,(H,27,29). The lowest BCUT2D eigenvalue weighted by molar-refractivity contribution is -0.116. The van der Waals surface area contributed by atoms with Crippen LogP contribution in [0.25, 0.3) is 6.08 Å². The van der Waals surface area contributed by atoms with Gasteiger partial charge in [-0.05, 0) is 53.8 Å². The van der Waals surface area contributed by atoms with E-state index in [0.717, 1.165) is 49.6 Å². The van der Waals surface area contributed by atoms with Gasteiger partial charge in [-0.15, -0.1) is 0 Å². The highest BCUT2D eigenvalue weighted by Crippen LogP contribution is 2.28. The van der Waals surface area contributed by atoms with Gasteiger partial charge in [0.05, 0.1) is 26.9 Å². The van der Waals surface area contributed by atoms with Gasteiger partial charge in [-0.2, -0.15) is 0 Å². The van der Waals surface area contributed by atoms with Crippen molar-refractivity contribution in [2.24, 2.45) is 5.92 Å². The Balaban J connectivity index is 1.49. The highest BCUT2D eigenvalue weighted by Gasteiger charge is 2.10. The largest absolute Gasteiger partial charge is 0.493 e. The fourth-order valence-corrected chi connectivity index (χ4v) is 3.38. The van der Waals surface area contributed by atoms with Gasteiger partial charge in [0.15, 0.2) is 11.5 Å². The topological polar surface area (TPSA) is 60.0 Å². The molecule has 3 rings (SSSR count). The molecule has 1 aliphatic heterocycles. The van der Waals surface area contributed by atoms with E-state index in [9.17, 15) is 4.79 Å². The molecule has 6 heteroatoms. The Morgan fingerprint density at radius 2 is 1.88 bits per heavy atom. The molecule has 6 nitrogen and oxygen atoms in total. The van der Waals surface area contributed by atoms with Gasteiger partial charge in [-0.25, -0.2) is 0 Å². The molecule has 1 saturated heterocycles. The number of carbonyl (C=O) groups is 1. The predicted octanol–water partition coefficient (Wildman–Crippen LogP) is 4.29. The first-order valence-electron chi connectivity index (χ1n) is 11.2. The Labute approximate surface area is 191 Å². The van der Waals surface area contributed by atoms with Gasteiger partial charge >= 0.3 is 0 Å². The second kappa shape index (κ2) is 12.2. The summed E-state index contributed by atoms with van der Waals surface area (Å²) in [6.45, 7) is 8.76. The lowest BCUT2D eigenvalue weighted by atomic mass is 10.1. The molecule has 1 N–H and O–H groups in total. The number of methoxy groups -OCH3 is 1. The molecule has 0 radical (unpaired) electrons. The van der Waals surface area contributed by atoms with Crippen molar-refractivity contribution in [2.75, 3.05) is 44.9 Å². The molecule has 0 atom stereocenters. The second-order valence-corrected chi connectivity index (χ2v) is 8.26. The fraction of sp³-hybridized carbons (Fsp3) is 0.423. The lowest BCUT2D eigenvalue weighted by Gasteiger charge is -2.28. The van der Waals surface area contributed by atoms with Gasteiger partial charge in [0.25, 0.3) is 0 Å². The van der Waals surface area contributed by atoms with Crippen molar-refractivity contribution < 1.29 is 19.0 Å². The number of benzene rings is 2. The van der Waals surface area contributed by atoms with E-state index >= 15 is 0 Å². The number of hydrogen-bond acceptors (Lipinski definition) is 5. The van der Waals surface area contributed by atoms with Crippen LogP contribution in [-0.4, -0.2) is 45.9 Å². The zero-order chi connectivity index (χ0) is 22.8. The molecule has 0 aromatic heterocycles. The first-order valence-corrected chi connectivity index (χ1v) is 11.2. The monoisotopic (exact) mass is 438 g/mol. The number of carbonyl (C=O) groups excluding carboxylic acids is 1. The Hall–Kier alpha value is -2.99. The number of nitrogens with one attached hydrogen (secondary N) is 1. The molecule has 2 aromatic rings. The third-order valence-electron chi connectivity index (χ3n) is 5.34. The van der Waals surface area contributed by atoms with Gasteiger partial charge in [-0.3, -0.25) is 4.79 Å². The van der Waals surface area contributed by atoms with E-state index in [4.69, 9.17) is 14.2 Å². The summed E-state index contributed by atoms with van der Waals surface area (Å²) < 4.78 is 16.7. The highest BCUT2D eigenvalue weighted by atomic mass is 16.5. The van der Waals surface area contributed by atoms with Crippen molar-refractivity contribution in [2.45, 2.75) is 26.8 Å². The van der Waals surface area contributed by atoms with E-state index in [1.807, 2.05) is 36.4 Å². The predicted molar refractivity (Wildman–Crippen MR) is 128 cm³/mol. The summed E-state index contributed by atoms with van der Waals surface area (Å²) >= 11 is 0. The van der Waals surface area contributed by atoms with Gasteiger partial charge in [0.1, 0.15) is 0 Å². The Morgan fingerprint density at radius 1 is 1.12 bits per heavy atom. The van der Waals surface area contributed by atoms with Gasteiger partial charge in [0, 0.05) is 31.4 Å². The summed E-state index contributed by atoms with van der Waals surface area (Å²) in [6.07, 6.45) is 4.37. The molecule has 1 heterocycles. The normalized spacial score (nSPS) is 14.1. The molecule has 1 aliphatic rings. The van der Waals surface area contributed by atoms with E-state index in [1.54, 1.807) is 13.2 Å². The van der Waals surface area contributed by atoms with Crippen LogP contribution in [0.3, 0.4) is 0 Å². The van der Waals surface area contributed by atoms with Gasteiger partial charge < -0.3 is 24.4 Å². The molecule has 32 heavy (non-hydrogen) atoms. The molecule has 172 valence electrons. The number of anilines is 1. The average Bonchev–Trinajstić information content (AvgIpc) is 2.82. The molecule has 1 fully saturated rings. The molecule has 0 saturated carbocycles. The van der Waals surface area contributed by atoms with Crippen LogP contribution >= 0.6 is 0 Å². The van der Waals surface area contributed by atoms with Crippen LogP contribution < -0.4 is 19.7 Å². The molecule has 1 amide bonds. The van der Waals surface area contributed by atoms with E-state index in [0.29, 0.717) is 24.8 Å². The van der Waals surface area contributed by atoms with E-state index in [2.05, 4.69) is 36.2 Å². The summed E-state index contributed by atoms with van der Waals surface area (Å²) in [4.78, 5) is 14.6. The van der Waals surface area contributed by atoms with E-state index in [-0.39, 0.29) is 5.91 Å². The average molecular weight is 439 g/mol. The van der Waals surface area contributed by atoms with Gasteiger partial charge in [-0.1, -0.05) is 32.0 Å². The van der Waals surface area contributed by atoms with Crippen molar-refractivity contribution >= 4 is 17.7 Å². The number of amides is 1. The maximum absolute atomic E-state index is 12.3. The SMILES string of the molecule is COc1cc(CNC(=O)C=Cc2ccc(N3CCOCC3)cc2)ccc1OCCC(C)C. The van der Waals surface area contributed by atoms with E-state index in [1.165, 1.54) is 5.69 Å². The third-order valence-corrected chi connectivity index (χ3v) is 5.34. The number of nitrogens with zero attached hydrogens (tertiary/aromatic N) is 1.